The van der Waals surface area contributed by atoms with Crippen LogP contribution >= 0.6 is 0 Å². The Morgan fingerprint density at radius 3 is 2.33 bits per heavy atom. The van der Waals surface area contributed by atoms with Crippen LogP contribution in [0.5, 0.6) is 17.2 Å². The molecular weight excluding hydrogens is 421 g/mol. The Labute approximate surface area is 192 Å². The molecule has 0 unspecified atom stereocenters. The topological polar surface area (TPSA) is 44.1 Å². The Bertz CT molecular complexity index is 1310. The van der Waals surface area contributed by atoms with E-state index >= 15 is 0 Å². The van der Waals surface area contributed by atoms with Gasteiger partial charge >= 0.3 is 0 Å². The van der Waals surface area contributed by atoms with Crippen molar-refractivity contribution >= 4 is 11.0 Å². The van der Waals surface area contributed by atoms with Crippen LogP contribution in [0.4, 0.5) is 4.39 Å². The van der Waals surface area contributed by atoms with Gasteiger partial charge in [0.05, 0.1) is 26.9 Å². The molecule has 1 aliphatic heterocycles. The average Bonchev–Trinajstić information content (AvgIpc) is 3.29. The SMILES string of the molecule is COc1cc2c(cc1OC)CN(Cc1ccc(OC)c3oc(-c4ccccc4F)cc13)CC2. The molecule has 0 saturated heterocycles. The first-order valence-electron chi connectivity index (χ1n) is 10.9. The van der Waals surface area contributed by atoms with Crippen LogP contribution in [0.3, 0.4) is 0 Å². The number of benzene rings is 3. The third-order valence-electron chi connectivity index (χ3n) is 6.29. The fourth-order valence-electron chi connectivity index (χ4n) is 4.56. The van der Waals surface area contributed by atoms with Gasteiger partial charge in [0.15, 0.2) is 22.8 Å². The molecule has 0 aliphatic carbocycles. The van der Waals surface area contributed by atoms with Crippen molar-refractivity contribution < 1.29 is 23.0 Å². The maximum absolute atomic E-state index is 14.4. The van der Waals surface area contributed by atoms with Crippen LogP contribution in [-0.4, -0.2) is 32.8 Å². The lowest BCUT2D eigenvalue weighted by Gasteiger charge is -2.29. The molecule has 3 aromatic carbocycles. The standard InChI is InChI=1S/C27H26FNO4/c1-30-23-9-8-18(21-14-24(33-27(21)23)20-6-4-5-7-22(20)28)15-29-11-10-17-12-25(31-2)26(32-3)13-19(17)16-29/h4-9,12-14H,10-11,15-16H2,1-3H3. The van der Waals surface area contributed by atoms with Gasteiger partial charge in [0, 0.05) is 25.0 Å². The van der Waals surface area contributed by atoms with E-state index in [1.807, 2.05) is 12.1 Å². The Balaban J connectivity index is 1.48. The molecule has 0 saturated carbocycles. The van der Waals surface area contributed by atoms with Crippen LogP contribution in [0.2, 0.25) is 0 Å². The van der Waals surface area contributed by atoms with E-state index in [9.17, 15) is 4.39 Å². The van der Waals surface area contributed by atoms with Crippen LogP contribution in [0.1, 0.15) is 16.7 Å². The van der Waals surface area contributed by atoms with Gasteiger partial charge in [-0.3, -0.25) is 4.90 Å². The van der Waals surface area contributed by atoms with E-state index < -0.39 is 0 Å². The second kappa shape index (κ2) is 8.79. The van der Waals surface area contributed by atoms with E-state index in [1.54, 1.807) is 39.5 Å². The zero-order valence-electron chi connectivity index (χ0n) is 19.0. The first-order valence-corrected chi connectivity index (χ1v) is 10.9. The smallest absolute Gasteiger partial charge is 0.176 e. The van der Waals surface area contributed by atoms with E-state index in [0.717, 1.165) is 48.5 Å². The second-order valence-corrected chi connectivity index (χ2v) is 8.20. The lowest BCUT2D eigenvalue weighted by atomic mass is 9.98. The molecule has 0 fully saturated rings. The fourth-order valence-corrected chi connectivity index (χ4v) is 4.56. The number of ether oxygens (including phenoxy) is 3. The molecule has 0 spiro atoms. The normalized spacial score (nSPS) is 13.7. The average molecular weight is 448 g/mol. The van der Waals surface area contributed by atoms with E-state index in [-0.39, 0.29) is 5.82 Å². The summed E-state index contributed by atoms with van der Waals surface area (Å²) in [6.07, 6.45) is 0.931. The minimum atomic E-state index is -0.311. The highest BCUT2D eigenvalue weighted by molar-refractivity contribution is 5.90. The summed E-state index contributed by atoms with van der Waals surface area (Å²) >= 11 is 0. The molecule has 0 atom stereocenters. The number of rotatable bonds is 6. The summed E-state index contributed by atoms with van der Waals surface area (Å²) in [5.74, 6) is 2.33. The van der Waals surface area contributed by atoms with Gasteiger partial charge in [-0.05, 0) is 59.5 Å². The van der Waals surface area contributed by atoms with Gasteiger partial charge in [0.25, 0.3) is 0 Å². The summed E-state index contributed by atoms with van der Waals surface area (Å²) in [6.45, 7) is 2.47. The zero-order valence-corrected chi connectivity index (χ0v) is 19.0. The van der Waals surface area contributed by atoms with Gasteiger partial charge in [-0.25, -0.2) is 4.39 Å². The molecule has 5 rings (SSSR count). The van der Waals surface area contributed by atoms with E-state index in [2.05, 4.69) is 23.1 Å². The predicted octanol–water partition coefficient (Wildman–Crippen LogP) is 5.82. The van der Waals surface area contributed by atoms with Crippen LogP contribution in [0.15, 0.2) is 59.0 Å². The van der Waals surface area contributed by atoms with Crippen molar-refractivity contribution in [3.8, 4) is 28.6 Å². The van der Waals surface area contributed by atoms with Gasteiger partial charge in [-0.2, -0.15) is 0 Å². The predicted molar refractivity (Wildman–Crippen MR) is 126 cm³/mol. The molecule has 4 aromatic rings. The van der Waals surface area contributed by atoms with Gasteiger partial charge < -0.3 is 18.6 Å². The second-order valence-electron chi connectivity index (χ2n) is 8.20. The highest BCUT2D eigenvalue weighted by atomic mass is 19.1. The van der Waals surface area contributed by atoms with Crippen LogP contribution < -0.4 is 14.2 Å². The summed E-state index contributed by atoms with van der Waals surface area (Å²) in [6, 6.07) is 16.7. The molecule has 2 heterocycles. The molecule has 0 N–H and O–H groups in total. The Morgan fingerprint density at radius 2 is 1.61 bits per heavy atom. The molecule has 0 bridgehead atoms. The van der Waals surface area contributed by atoms with Crippen LogP contribution in [0.25, 0.3) is 22.3 Å². The van der Waals surface area contributed by atoms with E-state index in [1.165, 1.54) is 17.2 Å². The third-order valence-corrected chi connectivity index (χ3v) is 6.29. The number of hydrogen-bond acceptors (Lipinski definition) is 5. The summed E-state index contributed by atoms with van der Waals surface area (Å²) in [5.41, 5.74) is 4.71. The lowest BCUT2D eigenvalue weighted by Crippen LogP contribution is -2.30. The molecule has 5 nitrogen and oxygen atoms in total. The van der Waals surface area contributed by atoms with Crippen molar-refractivity contribution in [3.05, 3.63) is 77.1 Å². The number of hydrogen-bond donors (Lipinski definition) is 0. The number of halogens is 1. The minimum absolute atomic E-state index is 0.311. The third kappa shape index (κ3) is 3.91. The van der Waals surface area contributed by atoms with Gasteiger partial charge in [-0.1, -0.05) is 18.2 Å². The number of methoxy groups -OCH3 is 3. The van der Waals surface area contributed by atoms with Crippen molar-refractivity contribution in [2.24, 2.45) is 0 Å². The highest BCUT2D eigenvalue weighted by Crippen LogP contribution is 2.38. The molecule has 1 aliphatic rings. The number of furan rings is 1. The monoisotopic (exact) mass is 447 g/mol. The quantitative estimate of drug-likeness (QED) is 0.373. The number of fused-ring (bicyclic) bond motifs is 2. The molecule has 33 heavy (non-hydrogen) atoms. The van der Waals surface area contributed by atoms with Crippen molar-refractivity contribution in [1.82, 2.24) is 4.90 Å². The Kier molecular flexibility index (Phi) is 5.68. The summed E-state index contributed by atoms with van der Waals surface area (Å²) < 4.78 is 36.9. The van der Waals surface area contributed by atoms with Gasteiger partial charge in [-0.15, -0.1) is 0 Å². The lowest BCUT2D eigenvalue weighted by molar-refractivity contribution is 0.245. The number of nitrogens with zero attached hydrogens (tertiary/aromatic N) is 1. The fraction of sp³-hybridized carbons (Fsp3) is 0.259. The Hall–Kier alpha value is -3.51. The van der Waals surface area contributed by atoms with Crippen LogP contribution in [0, 0.1) is 5.82 Å². The maximum atomic E-state index is 14.4. The largest absolute Gasteiger partial charge is 0.493 e. The van der Waals surface area contributed by atoms with Crippen molar-refractivity contribution in [2.45, 2.75) is 19.5 Å². The zero-order chi connectivity index (χ0) is 22.9. The first kappa shape index (κ1) is 21.3. The van der Waals surface area contributed by atoms with E-state index in [4.69, 9.17) is 18.6 Å². The van der Waals surface area contributed by atoms with Crippen LogP contribution in [-0.2, 0) is 19.5 Å². The molecule has 0 radical (unpaired) electrons. The van der Waals surface area contributed by atoms with Crippen molar-refractivity contribution in [2.75, 3.05) is 27.9 Å². The first-order chi connectivity index (χ1) is 16.1. The van der Waals surface area contributed by atoms with Crippen molar-refractivity contribution in [3.63, 3.8) is 0 Å². The van der Waals surface area contributed by atoms with Crippen molar-refractivity contribution in [1.29, 1.82) is 0 Å². The summed E-state index contributed by atoms with van der Waals surface area (Å²) in [4.78, 5) is 2.39. The molecular formula is C27H26FNO4. The van der Waals surface area contributed by atoms with E-state index in [0.29, 0.717) is 22.7 Å². The Morgan fingerprint density at radius 1 is 0.879 bits per heavy atom. The summed E-state index contributed by atoms with van der Waals surface area (Å²) in [5, 5.41) is 0.936. The maximum Gasteiger partial charge on any atom is 0.176 e. The molecule has 6 heteroatoms. The summed E-state index contributed by atoms with van der Waals surface area (Å²) in [7, 11) is 4.93. The molecule has 1 aromatic heterocycles. The minimum Gasteiger partial charge on any atom is -0.493 e. The molecule has 170 valence electrons. The highest BCUT2D eigenvalue weighted by Gasteiger charge is 2.22. The molecule has 0 amide bonds. The van der Waals surface area contributed by atoms with Gasteiger partial charge in [0.1, 0.15) is 11.6 Å². The van der Waals surface area contributed by atoms with Gasteiger partial charge in [0.2, 0.25) is 0 Å².